The second-order valence-electron chi connectivity index (χ2n) is 14.1. The maximum Gasteiger partial charge on any atom is 0.0714 e. The van der Waals surface area contributed by atoms with Crippen LogP contribution in [0.15, 0.2) is 200 Å². The van der Waals surface area contributed by atoms with Crippen LogP contribution < -0.4 is 4.90 Å². The van der Waals surface area contributed by atoms with E-state index in [2.05, 4.69) is 85.5 Å². The molecule has 0 radical (unpaired) electrons. The van der Waals surface area contributed by atoms with Crippen molar-refractivity contribution < 1.29 is 13.7 Å². The van der Waals surface area contributed by atoms with E-state index in [9.17, 15) is 5.48 Å². The summed E-state index contributed by atoms with van der Waals surface area (Å²) in [6.45, 7) is 4.54. The highest BCUT2D eigenvalue weighted by atomic mass is 15.1. The van der Waals surface area contributed by atoms with Gasteiger partial charge in [0, 0.05) is 22.5 Å². The Kier molecular flexibility index (Phi) is 5.12. The number of anilines is 3. The van der Waals surface area contributed by atoms with Crippen LogP contribution in [0.3, 0.4) is 0 Å². The van der Waals surface area contributed by atoms with Crippen molar-refractivity contribution in [3.8, 4) is 33.4 Å². The van der Waals surface area contributed by atoms with Crippen LogP contribution in [0.5, 0.6) is 0 Å². The molecule has 0 bridgehead atoms. The molecule has 10 rings (SSSR count). The first kappa shape index (κ1) is 22.5. The predicted molar refractivity (Wildman–Crippen MR) is 221 cm³/mol. The molecule has 0 saturated heterocycles. The Hall–Kier alpha value is -6.44. The Morgan fingerprint density at radius 1 is 0.415 bits per heavy atom. The molecule has 8 aromatic carbocycles. The van der Waals surface area contributed by atoms with E-state index >= 15 is 0 Å². The number of hydrogen-bond donors (Lipinski definition) is 0. The van der Waals surface area contributed by atoms with Gasteiger partial charge < -0.3 is 4.90 Å². The topological polar surface area (TPSA) is 3.24 Å². The third-order valence-electron chi connectivity index (χ3n) is 11.1. The summed E-state index contributed by atoms with van der Waals surface area (Å²) >= 11 is 0. The molecule has 1 heteroatoms. The molecular weight excluding hydrogens is 639 g/mol. The fourth-order valence-electron chi connectivity index (χ4n) is 8.85. The van der Waals surface area contributed by atoms with Crippen LogP contribution in [0.4, 0.5) is 17.1 Å². The minimum absolute atomic E-state index is 0.202. The van der Waals surface area contributed by atoms with Gasteiger partial charge in [0.2, 0.25) is 0 Å². The van der Waals surface area contributed by atoms with Crippen molar-refractivity contribution >= 4 is 17.1 Å². The molecule has 252 valence electrons. The lowest BCUT2D eigenvalue weighted by atomic mass is 9.67. The average molecular weight is 688 g/mol. The summed E-state index contributed by atoms with van der Waals surface area (Å²) in [5, 5.41) is 0. The van der Waals surface area contributed by atoms with Gasteiger partial charge in [-0.2, -0.15) is 0 Å². The molecule has 0 unspecified atom stereocenters. The molecule has 0 amide bonds. The Morgan fingerprint density at radius 2 is 0.925 bits per heavy atom. The maximum atomic E-state index is 9.42. The Morgan fingerprint density at radius 3 is 1.60 bits per heavy atom. The van der Waals surface area contributed by atoms with Gasteiger partial charge in [-0.3, -0.25) is 0 Å². The van der Waals surface area contributed by atoms with Gasteiger partial charge in [0.05, 0.1) is 19.1 Å². The molecule has 0 aromatic heterocycles. The van der Waals surface area contributed by atoms with Crippen LogP contribution in [0, 0.1) is 0 Å². The molecule has 2 aliphatic rings. The molecule has 0 N–H and O–H groups in total. The van der Waals surface area contributed by atoms with Crippen LogP contribution in [0.2, 0.25) is 0 Å². The molecular formula is C52H39N. The highest BCUT2D eigenvalue weighted by Gasteiger charge is 2.46. The van der Waals surface area contributed by atoms with E-state index in [1.165, 1.54) is 22.3 Å². The summed E-state index contributed by atoms with van der Waals surface area (Å²) in [5.74, 6) is 0. The van der Waals surface area contributed by atoms with Crippen molar-refractivity contribution in [2.24, 2.45) is 0 Å². The highest BCUT2D eigenvalue weighted by Crippen LogP contribution is 2.57. The third-order valence-corrected chi connectivity index (χ3v) is 11.1. The SMILES string of the molecule is [2H]c1c([2H])c([2H])c(C2(c3c([2H])c([2H])c([2H])c([2H])c3[2H])c3ccccc3-c3ccc(N(c4ccccc4)c4ccc(-c5cccc6c5C(C)(C)c5ccccc5-6)cc4)cc32)c([2H])c1[2H]. The van der Waals surface area contributed by atoms with Crippen molar-refractivity contribution in [2.75, 3.05) is 4.90 Å². The fourth-order valence-corrected chi connectivity index (χ4v) is 8.85. The first-order valence-corrected chi connectivity index (χ1v) is 17.8. The molecule has 0 saturated carbocycles. The van der Waals surface area contributed by atoms with Gasteiger partial charge in [-0.15, -0.1) is 0 Å². The lowest BCUT2D eigenvalue weighted by Gasteiger charge is -2.35. The van der Waals surface area contributed by atoms with Gasteiger partial charge >= 0.3 is 0 Å². The van der Waals surface area contributed by atoms with E-state index in [-0.39, 0.29) is 16.5 Å². The molecule has 1 nitrogen and oxygen atoms in total. The van der Waals surface area contributed by atoms with E-state index in [4.69, 9.17) is 8.22 Å². The van der Waals surface area contributed by atoms with Crippen LogP contribution in [0.1, 0.15) is 60.9 Å². The molecule has 0 heterocycles. The fraction of sp³-hybridized carbons (Fsp3) is 0.0769. The maximum absolute atomic E-state index is 9.42. The second-order valence-corrected chi connectivity index (χ2v) is 14.1. The van der Waals surface area contributed by atoms with E-state index in [1.807, 2.05) is 60.7 Å². The van der Waals surface area contributed by atoms with Crippen molar-refractivity contribution in [3.63, 3.8) is 0 Å². The summed E-state index contributed by atoms with van der Waals surface area (Å²) < 4.78 is 90.1. The monoisotopic (exact) mass is 687 g/mol. The Bertz CT molecular complexity index is 3090. The number of para-hydroxylation sites is 1. The number of fused-ring (bicyclic) bond motifs is 6. The van der Waals surface area contributed by atoms with Crippen LogP contribution in [-0.4, -0.2) is 0 Å². The Balaban J connectivity index is 1.23. The number of hydrogen-bond acceptors (Lipinski definition) is 1. The summed E-state index contributed by atoms with van der Waals surface area (Å²) in [4.78, 5) is 2.07. The summed E-state index contributed by atoms with van der Waals surface area (Å²) in [7, 11) is 0. The molecule has 2 aliphatic carbocycles. The zero-order chi connectivity index (χ0) is 44.3. The zero-order valence-corrected chi connectivity index (χ0v) is 29.2. The molecule has 53 heavy (non-hydrogen) atoms. The molecule has 0 aliphatic heterocycles. The Labute approximate surface area is 326 Å². The largest absolute Gasteiger partial charge is 0.310 e. The molecule has 0 fully saturated rings. The van der Waals surface area contributed by atoms with Crippen molar-refractivity contribution in [1.82, 2.24) is 0 Å². The highest BCUT2D eigenvalue weighted by molar-refractivity contribution is 5.91. The van der Waals surface area contributed by atoms with Crippen LogP contribution in [0.25, 0.3) is 33.4 Å². The molecule has 8 aromatic rings. The van der Waals surface area contributed by atoms with E-state index in [0.29, 0.717) is 27.9 Å². The third kappa shape index (κ3) is 4.64. The number of benzene rings is 8. The van der Waals surface area contributed by atoms with Gasteiger partial charge in [0.1, 0.15) is 0 Å². The smallest absolute Gasteiger partial charge is 0.0714 e. The quantitative estimate of drug-likeness (QED) is 0.168. The average Bonchev–Trinajstić information content (AvgIpc) is 3.72. The number of rotatable bonds is 6. The van der Waals surface area contributed by atoms with Crippen molar-refractivity contribution in [3.05, 3.63) is 233 Å². The van der Waals surface area contributed by atoms with Gasteiger partial charge in [-0.1, -0.05) is 177 Å². The van der Waals surface area contributed by atoms with Gasteiger partial charge in [-0.25, -0.2) is 0 Å². The second kappa shape index (κ2) is 12.1. The minimum atomic E-state index is -1.95. The number of nitrogens with zero attached hydrogens (tertiary/aromatic N) is 1. The van der Waals surface area contributed by atoms with Crippen molar-refractivity contribution in [1.29, 1.82) is 0 Å². The predicted octanol–water partition coefficient (Wildman–Crippen LogP) is 13.5. The molecule has 0 atom stereocenters. The lowest BCUT2D eigenvalue weighted by molar-refractivity contribution is 0.662. The van der Waals surface area contributed by atoms with E-state index < -0.39 is 65.8 Å². The minimum Gasteiger partial charge on any atom is -0.310 e. The summed E-state index contributed by atoms with van der Waals surface area (Å²) in [6, 6.07) is 40.4. The summed E-state index contributed by atoms with van der Waals surface area (Å²) in [6.07, 6.45) is 0. The zero-order valence-electron chi connectivity index (χ0n) is 39.2. The van der Waals surface area contributed by atoms with Gasteiger partial charge in [-0.05, 0) is 103 Å². The first-order valence-electron chi connectivity index (χ1n) is 22.8. The summed E-state index contributed by atoms with van der Waals surface area (Å²) in [5.41, 5.74) is 9.06. The standard InChI is InChI=1S/C52H39N/c1-51(2)47-27-14-12-24-44(47)46-26-16-25-42(50(46)51)36-29-31-40(32-30-36)53(39-21-10-5-11-22-39)41-33-34-45-43-23-13-15-28-48(43)52(49(45)35-41,37-17-6-3-7-18-37)38-19-8-4-9-20-38/h3-35H,1-2H3/i3D,4D,6D,7D,8D,9D,17D,18D,19D,20D. The normalized spacial score (nSPS) is 16.8. The first-order chi connectivity index (χ1) is 30.2. The van der Waals surface area contributed by atoms with E-state index in [1.54, 1.807) is 12.1 Å². The van der Waals surface area contributed by atoms with Crippen LogP contribution >= 0.6 is 0 Å². The molecule has 0 spiro atoms. The van der Waals surface area contributed by atoms with Crippen molar-refractivity contribution in [2.45, 2.75) is 24.7 Å². The lowest BCUT2D eigenvalue weighted by Crippen LogP contribution is -2.28. The van der Waals surface area contributed by atoms with E-state index in [0.717, 1.165) is 22.5 Å². The van der Waals surface area contributed by atoms with Gasteiger partial charge in [0.25, 0.3) is 0 Å². The van der Waals surface area contributed by atoms with Gasteiger partial charge in [0.15, 0.2) is 0 Å². The van der Waals surface area contributed by atoms with Crippen LogP contribution in [-0.2, 0) is 10.8 Å².